The van der Waals surface area contributed by atoms with Gasteiger partial charge >= 0.3 is 0 Å². The maximum atomic E-state index is 12.5. The van der Waals surface area contributed by atoms with E-state index >= 15 is 0 Å². The number of likely N-dealkylation sites (tertiary alicyclic amines) is 2. The van der Waals surface area contributed by atoms with Crippen molar-refractivity contribution in [2.24, 2.45) is 0 Å². The predicted octanol–water partition coefficient (Wildman–Crippen LogP) is 5.05. The average molecular weight is 427 g/mol. The molecule has 1 atom stereocenters. The van der Waals surface area contributed by atoms with Crippen LogP contribution in [0.15, 0.2) is 48.5 Å². The highest BCUT2D eigenvalue weighted by Gasteiger charge is 2.24. The fraction of sp³-hybridized carbons (Fsp3) is 0.480. The van der Waals surface area contributed by atoms with Gasteiger partial charge in [-0.3, -0.25) is 4.79 Å². The molecule has 1 unspecified atom stereocenters. The molecule has 0 radical (unpaired) electrons. The highest BCUT2D eigenvalue weighted by atomic mass is 35.5. The third-order valence-corrected chi connectivity index (χ3v) is 6.59. The van der Waals surface area contributed by atoms with Gasteiger partial charge in [-0.25, -0.2) is 0 Å². The molecule has 2 fully saturated rings. The number of rotatable bonds is 6. The van der Waals surface area contributed by atoms with E-state index < -0.39 is 0 Å². The number of halogens is 1. The Kier molecular flexibility index (Phi) is 6.96. The van der Waals surface area contributed by atoms with Crippen molar-refractivity contribution in [3.8, 4) is 5.75 Å². The zero-order valence-corrected chi connectivity index (χ0v) is 18.5. The molecule has 0 bridgehead atoms. The van der Waals surface area contributed by atoms with E-state index in [4.69, 9.17) is 16.3 Å². The summed E-state index contributed by atoms with van der Waals surface area (Å²) in [4.78, 5) is 17.0. The quantitative estimate of drug-likeness (QED) is 0.647. The van der Waals surface area contributed by atoms with E-state index in [-0.39, 0.29) is 12.0 Å². The van der Waals surface area contributed by atoms with E-state index in [0.717, 1.165) is 74.6 Å². The van der Waals surface area contributed by atoms with Crippen molar-refractivity contribution in [3.05, 3.63) is 64.7 Å². The maximum absolute atomic E-state index is 12.5. The number of nitrogens with zero attached hydrogens (tertiary/aromatic N) is 2. The normalized spacial score (nSPS) is 19.1. The number of amides is 1. The second kappa shape index (κ2) is 9.84. The van der Waals surface area contributed by atoms with Crippen molar-refractivity contribution in [1.82, 2.24) is 9.80 Å². The molecule has 2 aromatic rings. The van der Waals surface area contributed by atoms with E-state index in [0.29, 0.717) is 6.04 Å². The molecule has 0 spiro atoms. The molecule has 1 amide bonds. The van der Waals surface area contributed by atoms with Gasteiger partial charge in [0.05, 0.1) is 0 Å². The SMILES string of the molecule is CC(Cc1ccc(Cl)cc1)N1CCC(Oc2ccc(C(=O)N3CCCC3)cc2)CC1. The summed E-state index contributed by atoms with van der Waals surface area (Å²) in [7, 11) is 0. The molecule has 0 saturated carbocycles. The summed E-state index contributed by atoms with van der Waals surface area (Å²) in [5.41, 5.74) is 2.09. The third-order valence-electron chi connectivity index (χ3n) is 6.34. The molecule has 2 aliphatic rings. The standard InChI is InChI=1S/C25H31ClN2O2/c1-19(18-20-4-8-22(26)9-5-20)27-16-12-24(13-17-27)30-23-10-6-21(7-11-23)25(29)28-14-2-3-15-28/h4-11,19,24H,2-3,12-18H2,1H3. The second-order valence-corrected chi connectivity index (χ2v) is 8.99. The molecule has 4 rings (SSSR count). The lowest BCUT2D eigenvalue weighted by molar-refractivity contribution is 0.0789. The Balaban J connectivity index is 1.24. The number of piperidine rings is 1. The van der Waals surface area contributed by atoms with Gasteiger partial charge in [0.25, 0.3) is 5.91 Å². The number of ether oxygens (including phenoxy) is 1. The van der Waals surface area contributed by atoms with Crippen LogP contribution < -0.4 is 4.74 Å². The molecule has 2 aromatic carbocycles. The van der Waals surface area contributed by atoms with Gasteiger partial charge in [0.15, 0.2) is 0 Å². The monoisotopic (exact) mass is 426 g/mol. The number of carbonyl (C=O) groups is 1. The van der Waals surface area contributed by atoms with Crippen molar-refractivity contribution < 1.29 is 9.53 Å². The van der Waals surface area contributed by atoms with Crippen LogP contribution in [0.3, 0.4) is 0 Å². The van der Waals surface area contributed by atoms with Crippen molar-refractivity contribution in [1.29, 1.82) is 0 Å². The topological polar surface area (TPSA) is 32.8 Å². The molecule has 160 valence electrons. The minimum absolute atomic E-state index is 0.141. The third kappa shape index (κ3) is 5.35. The first-order valence-corrected chi connectivity index (χ1v) is 11.5. The average Bonchev–Trinajstić information content (AvgIpc) is 3.31. The van der Waals surface area contributed by atoms with E-state index in [1.807, 2.05) is 41.3 Å². The Morgan fingerprint density at radius 3 is 2.27 bits per heavy atom. The molecule has 0 N–H and O–H groups in total. The Hall–Kier alpha value is -2.04. The fourth-order valence-electron chi connectivity index (χ4n) is 4.50. The van der Waals surface area contributed by atoms with Crippen LogP contribution in [0.5, 0.6) is 5.75 Å². The van der Waals surface area contributed by atoms with Gasteiger partial charge in [-0.15, -0.1) is 0 Å². The lowest BCUT2D eigenvalue weighted by Crippen LogP contribution is -2.43. The molecule has 30 heavy (non-hydrogen) atoms. The van der Waals surface area contributed by atoms with Gasteiger partial charge in [0.1, 0.15) is 11.9 Å². The minimum atomic E-state index is 0.141. The van der Waals surface area contributed by atoms with E-state index in [1.165, 1.54) is 5.56 Å². The summed E-state index contributed by atoms with van der Waals surface area (Å²) in [5, 5.41) is 0.790. The van der Waals surface area contributed by atoms with E-state index in [9.17, 15) is 4.79 Å². The van der Waals surface area contributed by atoms with Crippen LogP contribution in [0.4, 0.5) is 0 Å². The Morgan fingerprint density at radius 2 is 1.63 bits per heavy atom. The first kappa shape index (κ1) is 21.2. The van der Waals surface area contributed by atoms with Crippen LogP contribution in [0.1, 0.15) is 48.5 Å². The molecular weight excluding hydrogens is 396 g/mol. The summed E-state index contributed by atoms with van der Waals surface area (Å²) in [5.74, 6) is 1.00. The smallest absolute Gasteiger partial charge is 0.253 e. The highest BCUT2D eigenvalue weighted by molar-refractivity contribution is 6.30. The summed E-state index contributed by atoms with van der Waals surface area (Å²) in [6, 6.07) is 16.4. The lowest BCUT2D eigenvalue weighted by atomic mass is 10.0. The van der Waals surface area contributed by atoms with Gasteiger partial charge in [-0.1, -0.05) is 23.7 Å². The number of hydrogen-bond acceptors (Lipinski definition) is 3. The zero-order chi connectivity index (χ0) is 20.9. The largest absolute Gasteiger partial charge is 0.490 e. The molecule has 5 heteroatoms. The molecule has 4 nitrogen and oxygen atoms in total. The van der Waals surface area contributed by atoms with Crippen LogP contribution in [0, 0.1) is 0 Å². The van der Waals surface area contributed by atoms with Gasteiger partial charge < -0.3 is 14.5 Å². The predicted molar refractivity (Wildman–Crippen MR) is 121 cm³/mol. The summed E-state index contributed by atoms with van der Waals surface area (Å²) < 4.78 is 6.21. The molecule has 0 aromatic heterocycles. The van der Waals surface area contributed by atoms with Gasteiger partial charge in [0, 0.05) is 42.8 Å². The first-order chi connectivity index (χ1) is 14.6. The van der Waals surface area contributed by atoms with Crippen molar-refractivity contribution >= 4 is 17.5 Å². The van der Waals surface area contributed by atoms with Crippen LogP contribution >= 0.6 is 11.6 Å². The number of benzene rings is 2. The zero-order valence-electron chi connectivity index (χ0n) is 17.7. The fourth-order valence-corrected chi connectivity index (χ4v) is 4.62. The molecule has 2 heterocycles. The first-order valence-electron chi connectivity index (χ1n) is 11.1. The summed E-state index contributed by atoms with van der Waals surface area (Å²) in [6.07, 6.45) is 5.56. The maximum Gasteiger partial charge on any atom is 0.253 e. The summed E-state index contributed by atoms with van der Waals surface area (Å²) in [6.45, 7) is 6.15. The van der Waals surface area contributed by atoms with E-state index in [1.54, 1.807) is 0 Å². The minimum Gasteiger partial charge on any atom is -0.490 e. The lowest BCUT2D eigenvalue weighted by Gasteiger charge is -2.36. The Labute approximate surface area is 184 Å². The molecule has 0 aliphatic carbocycles. The Bertz CT molecular complexity index is 823. The Morgan fingerprint density at radius 1 is 1.00 bits per heavy atom. The van der Waals surface area contributed by atoms with Gasteiger partial charge in [0.2, 0.25) is 0 Å². The van der Waals surface area contributed by atoms with Crippen molar-refractivity contribution in [2.45, 2.75) is 51.2 Å². The number of hydrogen-bond donors (Lipinski definition) is 0. The molecular formula is C25H31ClN2O2. The van der Waals surface area contributed by atoms with Crippen LogP contribution in [-0.2, 0) is 6.42 Å². The van der Waals surface area contributed by atoms with Gasteiger partial charge in [-0.2, -0.15) is 0 Å². The van der Waals surface area contributed by atoms with Crippen LogP contribution in [0.25, 0.3) is 0 Å². The van der Waals surface area contributed by atoms with E-state index in [2.05, 4.69) is 24.0 Å². The van der Waals surface area contributed by atoms with Crippen LogP contribution in [-0.4, -0.2) is 54.0 Å². The second-order valence-electron chi connectivity index (χ2n) is 8.56. The van der Waals surface area contributed by atoms with Crippen molar-refractivity contribution in [3.63, 3.8) is 0 Å². The summed E-state index contributed by atoms with van der Waals surface area (Å²) >= 11 is 5.99. The number of carbonyl (C=O) groups excluding carboxylic acids is 1. The van der Waals surface area contributed by atoms with Crippen molar-refractivity contribution in [2.75, 3.05) is 26.2 Å². The van der Waals surface area contributed by atoms with Crippen LogP contribution in [0.2, 0.25) is 5.02 Å². The molecule has 2 aliphatic heterocycles. The molecule has 2 saturated heterocycles. The highest BCUT2D eigenvalue weighted by Crippen LogP contribution is 2.23. The van der Waals surface area contributed by atoms with Gasteiger partial charge in [-0.05, 0) is 81.0 Å².